The molecule has 4 nitrogen and oxygen atoms in total. The summed E-state index contributed by atoms with van der Waals surface area (Å²) in [5, 5.41) is 4.61. The van der Waals surface area contributed by atoms with Gasteiger partial charge in [0.15, 0.2) is 0 Å². The van der Waals surface area contributed by atoms with E-state index in [4.69, 9.17) is 44.3 Å². The molecule has 0 aliphatic heterocycles. The summed E-state index contributed by atoms with van der Waals surface area (Å²) in [5.41, 5.74) is 0.842. The minimum atomic E-state index is -0.488. The molecule has 0 radical (unpaired) electrons. The average Bonchev–Trinajstić information content (AvgIpc) is 2.59. The fourth-order valence-electron chi connectivity index (χ4n) is 2.19. The zero-order valence-electron chi connectivity index (χ0n) is 13.7. The van der Waals surface area contributed by atoms with Crippen molar-refractivity contribution in [1.29, 1.82) is 0 Å². The molecule has 0 fully saturated rings. The van der Waals surface area contributed by atoms with E-state index in [9.17, 15) is 4.79 Å². The van der Waals surface area contributed by atoms with Crippen molar-refractivity contribution in [3.05, 3.63) is 57.0 Å². The predicted octanol–water partition coefficient (Wildman–Crippen LogP) is 5.70. The molecule has 0 spiro atoms. The second-order valence-corrected chi connectivity index (χ2v) is 6.52. The molecule has 25 heavy (non-hydrogen) atoms. The summed E-state index contributed by atoms with van der Waals surface area (Å²) in [6.45, 7) is 1.22. The highest BCUT2D eigenvalue weighted by atomic mass is 35.5. The summed E-state index contributed by atoms with van der Waals surface area (Å²) in [4.78, 5) is 11.8. The summed E-state index contributed by atoms with van der Waals surface area (Å²) in [5.74, 6) is 0.295. The predicted molar refractivity (Wildman–Crippen MR) is 102 cm³/mol. The first kappa shape index (κ1) is 19.7. The summed E-state index contributed by atoms with van der Waals surface area (Å²) in [6, 6.07) is 10.4. The number of rotatable bonds is 8. The number of hydrogen-bond donors (Lipinski definition) is 1. The van der Waals surface area contributed by atoms with Crippen molar-refractivity contribution < 1.29 is 14.3 Å². The smallest absolute Gasteiger partial charge is 0.340 e. The van der Waals surface area contributed by atoms with Gasteiger partial charge in [0.1, 0.15) is 5.75 Å². The topological polar surface area (TPSA) is 47.6 Å². The lowest BCUT2D eigenvalue weighted by Gasteiger charge is -2.13. The van der Waals surface area contributed by atoms with E-state index >= 15 is 0 Å². The molecule has 2 rings (SSSR count). The maximum atomic E-state index is 11.8. The highest BCUT2D eigenvalue weighted by molar-refractivity contribution is 6.37. The number of anilines is 1. The number of esters is 1. The first-order valence-electron chi connectivity index (χ1n) is 7.71. The quantitative estimate of drug-likeness (QED) is 0.454. The zero-order chi connectivity index (χ0) is 18.2. The van der Waals surface area contributed by atoms with Gasteiger partial charge in [0.2, 0.25) is 0 Å². The summed E-state index contributed by atoms with van der Waals surface area (Å²) in [7, 11) is 1.31. The molecule has 0 unspecified atom stereocenters. The van der Waals surface area contributed by atoms with E-state index in [1.165, 1.54) is 13.2 Å². The van der Waals surface area contributed by atoms with Gasteiger partial charge in [-0.25, -0.2) is 4.79 Å². The Hall–Kier alpha value is -1.62. The number of carbonyl (C=O) groups excluding carboxylic acids is 1. The van der Waals surface area contributed by atoms with Crippen molar-refractivity contribution in [3.8, 4) is 5.75 Å². The Morgan fingerprint density at radius 2 is 1.76 bits per heavy atom. The molecule has 2 aromatic rings. The minimum Gasteiger partial charge on any atom is -0.494 e. The Kier molecular flexibility index (Phi) is 7.69. The van der Waals surface area contributed by atoms with Crippen molar-refractivity contribution in [2.24, 2.45) is 0 Å². The molecule has 2 aromatic carbocycles. The summed E-state index contributed by atoms with van der Waals surface area (Å²) in [6.07, 6.45) is 1.68. The number of hydrogen-bond acceptors (Lipinski definition) is 4. The fourth-order valence-corrected chi connectivity index (χ4v) is 2.87. The second-order valence-electron chi connectivity index (χ2n) is 5.24. The number of methoxy groups -OCH3 is 1. The van der Waals surface area contributed by atoms with Crippen LogP contribution in [0.2, 0.25) is 15.1 Å². The highest BCUT2D eigenvalue weighted by Crippen LogP contribution is 2.30. The third kappa shape index (κ3) is 5.99. The molecule has 0 aromatic heterocycles. The van der Waals surface area contributed by atoms with Gasteiger partial charge < -0.3 is 14.8 Å². The molecule has 0 saturated carbocycles. The van der Waals surface area contributed by atoms with Crippen molar-refractivity contribution >= 4 is 46.5 Å². The zero-order valence-corrected chi connectivity index (χ0v) is 15.9. The second kappa shape index (κ2) is 9.76. The SMILES string of the molecule is COC(=O)c1cc(Cl)cc(Cl)c1NCCCCOc1ccc(Cl)cc1. The van der Waals surface area contributed by atoms with Crippen LogP contribution in [0.4, 0.5) is 5.69 Å². The van der Waals surface area contributed by atoms with E-state index in [0.717, 1.165) is 18.6 Å². The van der Waals surface area contributed by atoms with E-state index in [1.54, 1.807) is 18.2 Å². The molecule has 0 bridgehead atoms. The highest BCUT2D eigenvalue weighted by Gasteiger charge is 2.16. The van der Waals surface area contributed by atoms with Gasteiger partial charge in [-0.3, -0.25) is 0 Å². The van der Waals surface area contributed by atoms with Crippen molar-refractivity contribution in [2.75, 3.05) is 25.6 Å². The van der Waals surface area contributed by atoms with Crippen LogP contribution in [-0.4, -0.2) is 26.2 Å². The van der Waals surface area contributed by atoms with Crippen LogP contribution in [-0.2, 0) is 4.74 Å². The van der Waals surface area contributed by atoms with Crippen LogP contribution < -0.4 is 10.1 Å². The van der Waals surface area contributed by atoms with Crippen LogP contribution in [0, 0.1) is 0 Å². The molecule has 0 atom stereocenters. The number of unbranched alkanes of at least 4 members (excludes halogenated alkanes) is 1. The van der Waals surface area contributed by atoms with E-state index < -0.39 is 5.97 Å². The van der Waals surface area contributed by atoms with Crippen LogP contribution in [0.25, 0.3) is 0 Å². The third-order valence-corrected chi connectivity index (χ3v) is 4.18. The van der Waals surface area contributed by atoms with E-state index in [-0.39, 0.29) is 0 Å². The lowest BCUT2D eigenvalue weighted by molar-refractivity contribution is 0.0602. The van der Waals surface area contributed by atoms with Gasteiger partial charge >= 0.3 is 5.97 Å². The van der Waals surface area contributed by atoms with Crippen LogP contribution in [0.3, 0.4) is 0 Å². The van der Waals surface area contributed by atoms with Crippen molar-refractivity contribution in [3.63, 3.8) is 0 Å². The average molecular weight is 403 g/mol. The lowest BCUT2D eigenvalue weighted by Crippen LogP contribution is -2.11. The van der Waals surface area contributed by atoms with Crippen LogP contribution >= 0.6 is 34.8 Å². The van der Waals surface area contributed by atoms with E-state index in [0.29, 0.717) is 39.5 Å². The first-order valence-corrected chi connectivity index (χ1v) is 8.84. The Labute approximate surface area is 162 Å². The van der Waals surface area contributed by atoms with Gasteiger partial charge in [-0.1, -0.05) is 34.8 Å². The van der Waals surface area contributed by atoms with Gasteiger partial charge in [-0.2, -0.15) is 0 Å². The molecule has 0 aliphatic carbocycles. The Balaban J connectivity index is 1.81. The van der Waals surface area contributed by atoms with Gasteiger partial charge in [0, 0.05) is 16.6 Å². The summed E-state index contributed by atoms with van der Waals surface area (Å²) < 4.78 is 10.4. The molecule has 7 heteroatoms. The van der Waals surface area contributed by atoms with Crippen LogP contribution in [0.5, 0.6) is 5.75 Å². The van der Waals surface area contributed by atoms with Gasteiger partial charge in [0.25, 0.3) is 0 Å². The number of carbonyl (C=O) groups is 1. The largest absolute Gasteiger partial charge is 0.494 e. The maximum absolute atomic E-state index is 11.8. The van der Waals surface area contributed by atoms with E-state index in [2.05, 4.69) is 5.32 Å². The molecular formula is C18H18Cl3NO3. The number of ether oxygens (including phenoxy) is 2. The third-order valence-electron chi connectivity index (χ3n) is 3.42. The molecule has 0 saturated heterocycles. The van der Waals surface area contributed by atoms with Gasteiger partial charge in [-0.05, 0) is 49.2 Å². The fraction of sp³-hybridized carbons (Fsp3) is 0.278. The normalized spacial score (nSPS) is 10.4. The van der Waals surface area contributed by atoms with Gasteiger partial charge in [-0.15, -0.1) is 0 Å². The van der Waals surface area contributed by atoms with Crippen molar-refractivity contribution in [2.45, 2.75) is 12.8 Å². The molecule has 0 aliphatic rings. The van der Waals surface area contributed by atoms with Crippen molar-refractivity contribution in [1.82, 2.24) is 0 Å². The summed E-state index contributed by atoms with van der Waals surface area (Å²) >= 11 is 18.0. The molecule has 134 valence electrons. The number of benzene rings is 2. The molecule has 1 N–H and O–H groups in total. The standard InChI is InChI=1S/C18H18Cl3NO3/c1-24-18(23)15-10-13(20)11-16(21)17(15)22-8-2-3-9-25-14-6-4-12(19)5-7-14/h4-7,10-11,22H,2-3,8-9H2,1H3. The number of halogens is 3. The monoisotopic (exact) mass is 401 g/mol. The van der Waals surface area contributed by atoms with Crippen LogP contribution in [0.1, 0.15) is 23.2 Å². The minimum absolute atomic E-state index is 0.317. The van der Waals surface area contributed by atoms with Crippen LogP contribution in [0.15, 0.2) is 36.4 Å². The Morgan fingerprint density at radius 3 is 2.44 bits per heavy atom. The maximum Gasteiger partial charge on any atom is 0.340 e. The Bertz CT molecular complexity index is 720. The first-order chi connectivity index (χ1) is 12.0. The molecular weight excluding hydrogens is 385 g/mol. The molecule has 0 heterocycles. The Morgan fingerprint density at radius 1 is 1.04 bits per heavy atom. The van der Waals surface area contributed by atoms with Gasteiger partial charge in [0.05, 0.1) is 30.0 Å². The lowest BCUT2D eigenvalue weighted by atomic mass is 10.1. The van der Waals surface area contributed by atoms with E-state index in [1.807, 2.05) is 12.1 Å². The molecule has 0 amide bonds. The number of nitrogens with one attached hydrogen (secondary N) is 1.